The molecule has 0 N–H and O–H groups in total. The Kier molecular flexibility index (Phi) is 8.04. The fourth-order valence-corrected chi connectivity index (χ4v) is 2.66. The van der Waals surface area contributed by atoms with Crippen LogP contribution in [0, 0.1) is 11.3 Å². The number of hydrogen-bond donors (Lipinski definition) is 0. The quantitative estimate of drug-likeness (QED) is 0.605. The van der Waals surface area contributed by atoms with Gasteiger partial charge in [-0.25, -0.2) is 4.79 Å². The van der Waals surface area contributed by atoms with Crippen molar-refractivity contribution in [2.24, 2.45) is 0 Å². The van der Waals surface area contributed by atoms with Gasteiger partial charge < -0.3 is 19.1 Å². The number of carbonyl (C=O) groups excluding carboxylic acids is 2. The topological polar surface area (TPSA) is 88.9 Å². The average Bonchev–Trinajstić information content (AvgIpc) is 2.76. The molecule has 152 valence electrons. The third-order valence-corrected chi connectivity index (χ3v) is 4.21. The van der Waals surface area contributed by atoms with E-state index in [1.165, 1.54) is 24.3 Å². The lowest BCUT2D eigenvalue weighted by atomic mass is 10.1. The first kappa shape index (κ1) is 21.8. The molecule has 7 nitrogen and oxygen atoms in total. The maximum absolute atomic E-state index is 12.5. The minimum atomic E-state index is -0.610. The van der Waals surface area contributed by atoms with E-state index in [2.05, 4.69) is 0 Å². The fourth-order valence-electron chi connectivity index (χ4n) is 2.66. The highest BCUT2D eigenvalue weighted by Gasteiger charge is 2.17. The first-order valence-corrected chi connectivity index (χ1v) is 9.27. The van der Waals surface area contributed by atoms with E-state index in [1.54, 1.807) is 18.1 Å². The second-order valence-electron chi connectivity index (χ2n) is 6.09. The lowest BCUT2D eigenvalue weighted by Gasteiger charge is -2.21. The van der Waals surface area contributed by atoms with E-state index in [4.69, 9.17) is 19.5 Å². The highest BCUT2D eigenvalue weighted by molar-refractivity contribution is 5.91. The number of rotatable bonds is 9. The van der Waals surface area contributed by atoms with Crippen molar-refractivity contribution in [2.45, 2.75) is 20.4 Å². The van der Waals surface area contributed by atoms with E-state index in [1.807, 2.05) is 32.0 Å². The van der Waals surface area contributed by atoms with Gasteiger partial charge in [-0.1, -0.05) is 6.07 Å². The summed E-state index contributed by atoms with van der Waals surface area (Å²) in [6, 6.07) is 13.5. The van der Waals surface area contributed by atoms with E-state index < -0.39 is 5.97 Å². The molecule has 0 aliphatic rings. The van der Waals surface area contributed by atoms with Gasteiger partial charge in [-0.2, -0.15) is 5.26 Å². The molecule has 2 aromatic carbocycles. The Morgan fingerprint density at radius 2 is 1.79 bits per heavy atom. The van der Waals surface area contributed by atoms with Crippen LogP contribution in [0.15, 0.2) is 42.5 Å². The van der Waals surface area contributed by atoms with Gasteiger partial charge in [0.25, 0.3) is 5.91 Å². The number of hydrogen-bond acceptors (Lipinski definition) is 6. The van der Waals surface area contributed by atoms with Crippen LogP contribution in [0.2, 0.25) is 0 Å². The summed E-state index contributed by atoms with van der Waals surface area (Å²) in [4.78, 5) is 26.2. The smallest absolute Gasteiger partial charge is 0.338 e. The zero-order valence-electron chi connectivity index (χ0n) is 16.8. The van der Waals surface area contributed by atoms with Crippen LogP contribution in [-0.4, -0.2) is 43.6 Å². The number of amides is 1. The normalized spacial score (nSPS) is 10.0. The van der Waals surface area contributed by atoms with Crippen molar-refractivity contribution < 1.29 is 23.8 Å². The molecule has 2 rings (SSSR count). The van der Waals surface area contributed by atoms with Crippen molar-refractivity contribution in [3.63, 3.8) is 0 Å². The SMILES string of the molecule is CCOc1ccc(CN(CC)C(=O)COC(=O)c2ccc(C#N)cc2)cc1OC. The monoisotopic (exact) mass is 396 g/mol. The number of nitrogens with zero attached hydrogens (tertiary/aromatic N) is 2. The maximum atomic E-state index is 12.5. The summed E-state index contributed by atoms with van der Waals surface area (Å²) >= 11 is 0. The molecule has 2 aromatic rings. The van der Waals surface area contributed by atoms with Gasteiger partial charge in [0, 0.05) is 13.1 Å². The van der Waals surface area contributed by atoms with Gasteiger partial charge in [0.1, 0.15) is 0 Å². The van der Waals surface area contributed by atoms with Crippen LogP contribution in [-0.2, 0) is 16.1 Å². The van der Waals surface area contributed by atoms with Crippen LogP contribution in [0.1, 0.15) is 35.3 Å². The van der Waals surface area contributed by atoms with Gasteiger partial charge in [-0.05, 0) is 55.8 Å². The van der Waals surface area contributed by atoms with E-state index in [-0.39, 0.29) is 18.1 Å². The molecule has 29 heavy (non-hydrogen) atoms. The van der Waals surface area contributed by atoms with E-state index in [0.29, 0.717) is 36.8 Å². The predicted octanol–water partition coefficient (Wildman–Crippen LogP) is 3.17. The highest BCUT2D eigenvalue weighted by atomic mass is 16.5. The van der Waals surface area contributed by atoms with Crippen molar-refractivity contribution in [1.29, 1.82) is 5.26 Å². The number of methoxy groups -OCH3 is 1. The molecule has 0 spiro atoms. The third-order valence-electron chi connectivity index (χ3n) is 4.21. The number of carbonyl (C=O) groups is 2. The molecule has 0 unspecified atom stereocenters. The number of likely N-dealkylation sites (N-methyl/N-ethyl adjacent to an activating group) is 1. The van der Waals surface area contributed by atoms with Crippen LogP contribution in [0.25, 0.3) is 0 Å². The Morgan fingerprint density at radius 3 is 2.38 bits per heavy atom. The molecule has 0 aliphatic carbocycles. The van der Waals surface area contributed by atoms with Gasteiger partial charge >= 0.3 is 5.97 Å². The zero-order chi connectivity index (χ0) is 21.2. The minimum Gasteiger partial charge on any atom is -0.493 e. The van der Waals surface area contributed by atoms with Gasteiger partial charge in [0.05, 0.1) is 30.9 Å². The number of benzene rings is 2. The molecule has 0 saturated carbocycles. The fraction of sp³-hybridized carbons (Fsp3) is 0.318. The molecule has 0 atom stereocenters. The minimum absolute atomic E-state index is 0.288. The zero-order valence-corrected chi connectivity index (χ0v) is 16.8. The van der Waals surface area contributed by atoms with Gasteiger partial charge in [0.15, 0.2) is 18.1 Å². The molecule has 0 aliphatic heterocycles. The largest absolute Gasteiger partial charge is 0.493 e. The number of nitriles is 1. The Hall–Kier alpha value is -3.53. The summed E-state index contributed by atoms with van der Waals surface area (Å²) in [5, 5.41) is 8.80. The van der Waals surface area contributed by atoms with Crippen LogP contribution < -0.4 is 9.47 Å². The highest BCUT2D eigenvalue weighted by Crippen LogP contribution is 2.28. The average molecular weight is 396 g/mol. The lowest BCUT2D eigenvalue weighted by molar-refractivity contribution is -0.134. The van der Waals surface area contributed by atoms with Crippen LogP contribution in [0.5, 0.6) is 11.5 Å². The second-order valence-corrected chi connectivity index (χ2v) is 6.09. The molecule has 0 saturated heterocycles. The Bertz CT molecular complexity index is 887. The predicted molar refractivity (Wildman–Crippen MR) is 107 cm³/mol. The number of esters is 1. The van der Waals surface area contributed by atoms with Crippen LogP contribution in [0.4, 0.5) is 0 Å². The standard InChI is InChI=1S/C22H24N2O5/c1-4-24(14-17-8-11-19(28-5-2)20(12-17)27-3)21(25)15-29-22(26)18-9-6-16(13-23)7-10-18/h6-12H,4-5,14-15H2,1-3H3. The summed E-state index contributed by atoms with van der Waals surface area (Å²) in [5.41, 5.74) is 1.61. The van der Waals surface area contributed by atoms with Crippen LogP contribution >= 0.6 is 0 Å². The molecule has 0 fully saturated rings. The molecule has 7 heteroatoms. The summed E-state index contributed by atoms with van der Waals surface area (Å²) < 4.78 is 16.0. The van der Waals surface area contributed by atoms with E-state index >= 15 is 0 Å². The molecule has 0 heterocycles. The molecule has 0 bridgehead atoms. The Labute approximate surface area is 170 Å². The summed E-state index contributed by atoms with van der Waals surface area (Å²) in [5.74, 6) is 0.327. The van der Waals surface area contributed by atoms with Crippen molar-refractivity contribution in [2.75, 3.05) is 26.9 Å². The first-order valence-electron chi connectivity index (χ1n) is 9.27. The molecule has 0 radical (unpaired) electrons. The molecule has 0 aromatic heterocycles. The van der Waals surface area contributed by atoms with Gasteiger partial charge in [0.2, 0.25) is 0 Å². The Morgan fingerprint density at radius 1 is 1.07 bits per heavy atom. The molecular formula is C22H24N2O5. The van der Waals surface area contributed by atoms with Crippen LogP contribution in [0.3, 0.4) is 0 Å². The van der Waals surface area contributed by atoms with Gasteiger partial charge in [-0.15, -0.1) is 0 Å². The Balaban J connectivity index is 1.97. The molecular weight excluding hydrogens is 372 g/mol. The number of ether oxygens (including phenoxy) is 3. The summed E-state index contributed by atoms with van der Waals surface area (Å²) in [6.07, 6.45) is 0. The van der Waals surface area contributed by atoms with E-state index in [0.717, 1.165) is 5.56 Å². The van der Waals surface area contributed by atoms with Crippen molar-refractivity contribution in [3.05, 3.63) is 59.2 Å². The second kappa shape index (κ2) is 10.7. The maximum Gasteiger partial charge on any atom is 0.338 e. The third kappa shape index (κ3) is 5.98. The summed E-state index contributed by atoms with van der Waals surface area (Å²) in [7, 11) is 1.56. The first-order chi connectivity index (χ1) is 14.0. The van der Waals surface area contributed by atoms with E-state index in [9.17, 15) is 9.59 Å². The van der Waals surface area contributed by atoms with Gasteiger partial charge in [-0.3, -0.25) is 4.79 Å². The lowest BCUT2D eigenvalue weighted by Crippen LogP contribution is -2.34. The molecule has 1 amide bonds. The summed E-state index contributed by atoms with van der Waals surface area (Å²) in [6.45, 7) is 4.73. The van der Waals surface area contributed by atoms with Crippen molar-refractivity contribution in [1.82, 2.24) is 4.90 Å². The van der Waals surface area contributed by atoms with Crippen molar-refractivity contribution >= 4 is 11.9 Å². The van der Waals surface area contributed by atoms with Crippen molar-refractivity contribution in [3.8, 4) is 17.6 Å².